The Morgan fingerprint density at radius 3 is 2.81 bits per heavy atom. The van der Waals surface area contributed by atoms with Gasteiger partial charge in [-0.3, -0.25) is 9.48 Å². The van der Waals surface area contributed by atoms with Gasteiger partial charge in [0.15, 0.2) is 21.3 Å². The van der Waals surface area contributed by atoms with Gasteiger partial charge >= 0.3 is 0 Å². The smallest absolute Gasteiger partial charge is 0.231 e. The van der Waals surface area contributed by atoms with Gasteiger partial charge in [-0.1, -0.05) is 6.07 Å². The average molecular weight is 391 g/mol. The van der Waals surface area contributed by atoms with Crippen LogP contribution in [0.5, 0.6) is 11.5 Å². The summed E-state index contributed by atoms with van der Waals surface area (Å²) in [6, 6.07) is 5.25. The molecule has 4 rings (SSSR count). The van der Waals surface area contributed by atoms with Crippen molar-refractivity contribution in [2.24, 2.45) is 0 Å². The molecule has 1 unspecified atom stereocenters. The minimum absolute atomic E-state index is 0.0968. The van der Waals surface area contributed by atoms with Crippen LogP contribution in [0.3, 0.4) is 0 Å². The molecule has 144 valence electrons. The van der Waals surface area contributed by atoms with E-state index in [4.69, 9.17) is 9.47 Å². The number of ether oxygens (including phenoxy) is 2. The molecule has 1 N–H and O–H groups in total. The summed E-state index contributed by atoms with van der Waals surface area (Å²) in [5.74, 6) is 1.43. The molecular formula is C18H21N3O5S. The SMILES string of the molecule is Cc1nn(C2CCS(=O)(=O)C2)c(C)c1NC(=O)Cc1ccc2c(c1)OCO2. The fourth-order valence-electron chi connectivity index (χ4n) is 3.59. The van der Waals surface area contributed by atoms with E-state index in [1.807, 2.05) is 19.9 Å². The summed E-state index contributed by atoms with van der Waals surface area (Å²) < 4.78 is 35.8. The first-order valence-electron chi connectivity index (χ1n) is 8.77. The summed E-state index contributed by atoms with van der Waals surface area (Å²) in [4.78, 5) is 12.5. The lowest BCUT2D eigenvalue weighted by molar-refractivity contribution is -0.115. The van der Waals surface area contributed by atoms with Crippen LogP contribution >= 0.6 is 0 Å². The molecule has 2 aromatic rings. The van der Waals surface area contributed by atoms with Crippen molar-refractivity contribution < 1.29 is 22.7 Å². The minimum atomic E-state index is -3.00. The van der Waals surface area contributed by atoms with Crippen molar-refractivity contribution in [3.63, 3.8) is 0 Å². The topological polar surface area (TPSA) is 99.5 Å². The second-order valence-corrected chi connectivity index (χ2v) is 9.19. The summed E-state index contributed by atoms with van der Waals surface area (Å²) >= 11 is 0. The molecule has 9 heteroatoms. The van der Waals surface area contributed by atoms with E-state index in [0.717, 1.165) is 11.3 Å². The Labute approximate surface area is 157 Å². The molecule has 2 aliphatic heterocycles. The number of aryl methyl sites for hydroxylation is 1. The molecule has 1 fully saturated rings. The molecule has 3 heterocycles. The molecule has 1 aromatic heterocycles. The van der Waals surface area contributed by atoms with E-state index in [0.29, 0.717) is 29.3 Å². The molecule has 0 bridgehead atoms. The monoisotopic (exact) mass is 391 g/mol. The zero-order valence-electron chi connectivity index (χ0n) is 15.2. The van der Waals surface area contributed by atoms with E-state index in [2.05, 4.69) is 10.4 Å². The number of sulfone groups is 1. The van der Waals surface area contributed by atoms with Crippen molar-refractivity contribution in [1.82, 2.24) is 9.78 Å². The Kier molecular flexibility index (Phi) is 4.33. The maximum absolute atomic E-state index is 12.5. The van der Waals surface area contributed by atoms with Gasteiger partial charge in [0.05, 0.1) is 41.0 Å². The largest absolute Gasteiger partial charge is 0.454 e. The standard InChI is InChI=1S/C18H21N3O5S/c1-11-18(12(2)21(20-11)14-5-6-27(23,24)9-14)19-17(22)8-13-3-4-15-16(7-13)26-10-25-15/h3-4,7,14H,5-6,8-10H2,1-2H3,(H,19,22). The van der Waals surface area contributed by atoms with Gasteiger partial charge in [-0.2, -0.15) is 5.10 Å². The lowest BCUT2D eigenvalue weighted by Crippen LogP contribution is -2.17. The zero-order valence-corrected chi connectivity index (χ0v) is 16.0. The molecule has 1 atom stereocenters. The number of fused-ring (bicyclic) bond motifs is 1. The number of rotatable bonds is 4. The van der Waals surface area contributed by atoms with E-state index in [-0.39, 0.29) is 36.7 Å². The molecule has 1 saturated heterocycles. The molecule has 8 nitrogen and oxygen atoms in total. The van der Waals surface area contributed by atoms with E-state index in [9.17, 15) is 13.2 Å². The maximum atomic E-state index is 12.5. The van der Waals surface area contributed by atoms with Crippen molar-refractivity contribution in [2.75, 3.05) is 23.6 Å². The highest BCUT2D eigenvalue weighted by molar-refractivity contribution is 7.91. The van der Waals surface area contributed by atoms with E-state index < -0.39 is 9.84 Å². The highest BCUT2D eigenvalue weighted by Gasteiger charge is 2.31. The predicted molar refractivity (Wildman–Crippen MR) is 98.9 cm³/mol. The third kappa shape index (κ3) is 3.51. The van der Waals surface area contributed by atoms with Crippen molar-refractivity contribution in [3.05, 3.63) is 35.2 Å². The van der Waals surface area contributed by atoms with Gasteiger partial charge in [-0.25, -0.2) is 8.42 Å². The fraction of sp³-hybridized carbons (Fsp3) is 0.444. The minimum Gasteiger partial charge on any atom is -0.454 e. The van der Waals surface area contributed by atoms with Crippen LogP contribution in [0, 0.1) is 13.8 Å². The Morgan fingerprint density at radius 2 is 2.07 bits per heavy atom. The van der Waals surface area contributed by atoms with Crippen LogP contribution in [-0.2, 0) is 21.1 Å². The van der Waals surface area contributed by atoms with Crippen molar-refractivity contribution >= 4 is 21.4 Å². The van der Waals surface area contributed by atoms with Crippen molar-refractivity contribution in [2.45, 2.75) is 32.7 Å². The zero-order chi connectivity index (χ0) is 19.2. The van der Waals surface area contributed by atoms with Gasteiger partial charge in [-0.15, -0.1) is 0 Å². The number of carbonyl (C=O) groups is 1. The molecule has 0 aliphatic carbocycles. The highest BCUT2D eigenvalue weighted by Crippen LogP contribution is 2.33. The van der Waals surface area contributed by atoms with Crippen LogP contribution in [0.15, 0.2) is 18.2 Å². The lowest BCUT2D eigenvalue weighted by Gasteiger charge is -2.12. The molecule has 1 amide bonds. The van der Waals surface area contributed by atoms with Gasteiger partial charge in [0.25, 0.3) is 0 Å². The number of hydrogen-bond acceptors (Lipinski definition) is 6. The van der Waals surface area contributed by atoms with Crippen molar-refractivity contribution in [3.8, 4) is 11.5 Å². The number of hydrogen-bond donors (Lipinski definition) is 1. The summed E-state index contributed by atoms with van der Waals surface area (Å²) in [7, 11) is -3.00. The average Bonchev–Trinajstić information content (AvgIpc) is 3.28. The first-order chi connectivity index (χ1) is 12.8. The third-order valence-corrected chi connectivity index (χ3v) is 6.70. The first-order valence-corrected chi connectivity index (χ1v) is 10.6. The summed E-state index contributed by atoms with van der Waals surface area (Å²) in [6.07, 6.45) is 0.743. The number of nitrogens with zero attached hydrogens (tertiary/aromatic N) is 2. The number of anilines is 1. The van der Waals surface area contributed by atoms with Crippen LogP contribution < -0.4 is 14.8 Å². The van der Waals surface area contributed by atoms with Gasteiger partial charge in [-0.05, 0) is 38.0 Å². The van der Waals surface area contributed by atoms with E-state index >= 15 is 0 Å². The summed E-state index contributed by atoms with van der Waals surface area (Å²) in [6.45, 7) is 3.85. The van der Waals surface area contributed by atoms with Crippen LogP contribution in [0.25, 0.3) is 0 Å². The molecule has 0 spiro atoms. The number of aromatic nitrogens is 2. The highest BCUT2D eigenvalue weighted by atomic mass is 32.2. The molecule has 1 aromatic carbocycles. The fourth-order valence-corrected chi connectivity index (χ4v) is 5.28. The second kappa shape index (κ2) is 6.56. The Hall–Kier alpha value is -2.55. The van der Waals surface area contributed by atoms with Crippen LogP contribution in [-0.4, -0.2) is 42.4 Å². The van der Waals surface area contributed by atoms with Gasteiger partial charge < -0.3 is 14.8 Å². The van der Waals surface area contributed by atoms with E-state index in [1.165, 1.54) is 0 Å². The van der Waals surface area contributed by atoms with Crippen molar-refractivity contribution in [1.29, 1.82) is 0 Å². The van der Waals surface area contributed by atoms with E-state index in [1.54, 1.807) is 16.8 Å². The summed E-state index contributed by atoms with van der Waals surface area (Å²) in [5.41, 5.74) is 2.91. The number of carbonyl (C=O) groups excluding carboxylic acids is 1. The first kappa shape index (κ1) is 17.8. The Bertz CT molecular complexity index is 1010. The predicted octanol–water partition coefficient (Wildman–Crippen LogP) is 1.77. The quantitative estimate of drug-likeness (QED) is 0.853. The molecular weight excluding hydrogens is 370 g/mol. The number of nitrogens with one attached hydrogen (secondary N) is 1. The summed E-state index contributed by atoms with van der Waals surface area (Å²) in [5, 5.41) is 7.38. The molecule has 0 saturated carbocycles. The third-order valence-electron chi connectivity index (χ3n) is 4.95. The normalized spacial score (nSPS) is 20.0. The molecule has 2 aliphatic rings. The van der Waals surface area contributed by atoms with Gasteiger partial charge in [0.2, 0.25) is 12.7 Å². The Balaban J connectivity index is 1.48. The molecule has 27 heavy (non-hydrogen) atoms. The van der Waals surface area contributed by atoms with Crippen LogP contribution in [0.4, 0.5) is 5.69 Å². The molecule has 0 radical (unpaired) electrons. The van der Waals surface area contributed by atoms with Crippen LogP contribution in [0.1, 0.15) is 29.4 Å². The second-order valence-electron chi connectivity index (χ2n) is 6.96. The Morgan fingerprint density at radius 1 is 1.30 bits per heavy atom. The number of benzene rings is 1. The van der Waals surface area contributed by atoms with Gasteiger partial charge in [0, 0.05) is 0 Å². The number of amides is 1. The van der Waals surface area contributed by atoms with Crippen LogP contribution in [0.2, 0.25) is 0 Å². The maximum Gasteiger partial charge on any atom is 0.231 e. The van der Waals surface area contributed by atoms with Gasteiger partial charge in [0.1, 0.15) is 0 Å². The lowest BCUT2D eigenvalue weighted by atomic mass is 10.1.